The minimum absolute atomic E-state index is 0.610. The van der Waals surface area contributed by atoms with Gasteiger partial charge in [-0.3, -0.25) is 0 Å². The quantitative estimate of drug-likeness (QED) is 0.738. The van der Waals surface area contributed by atoms with Crippen molar-refractivity contribution in [3.63, 3.8) is 0 Å². The summed E-state index contributed by atoms with van der Waals surface area (Å²) in [4.78, 5) is 7.58. The fourth-order valence-corrected chi connectivity index (χ4v) is 2.08. The van der Waals surface area contributed by atoms with Crippen molar-refractivity contribution in [1.82, 2.24) is 9.97 Å². The molecular weight excluding hydrogens is 250 g/mol. The molecule has 0 aliphatic rings. The van der Waals surface area contributed by atoms with Crippen molar-refractivity contribution < 1.29 is 4.74 Å². The molecule has 0 saturated heterocycles. The highest BCUT2D eigenvalue weighted by atomic mass is 16.5. The molecule has 0 amide bonds. The molecule has 2 N–H and O–H groups in total. The maximum atomic E-state index is 5.35. The summed E-state index contributed by atoms with van der Waals surface area (Å²) in [5, 5.41) is 4.49. The van der Waals surface area contributed by atoms with Gasteiger partial charge in [0, 0.05) is 35.6 Å². The highest BCUT2D eigenvalue weighted by Gasteiger charge is 2.00. The lowest BCUT2D eigenvalue weighted by Gasteiger charge is -2.07. The monoisotopic (exact) mass is 267 g/mol. The van der Waals surface area contributed by atoms with Gasteiger partial charge < -0.3 is 15.0 Å². The van der Waals surface area contributed by atoms with E-state index in [1.165, 1.54) is 5.39 Å². The summed E-state index contributed by atoms with van der Waals surface area (Å²) in [5.74, 6) is 0.833. The Kier molecular flexibility index (Phi) is 3.65. The summed E-state index contributed by atoms with van der Waals surface area (Å²) in [6.07, 6.45) is 3.78. The summed E-state index contributed by atoms with van der Waals surface area (Å²) >= 11 is 0. The predicted octanol–water partition coefficient (Wildman–Crippen LogP) is 3.84. The Labute approximate surface area is 117 Å². The van der Waals surface area contributed by atoms with Crippen LogP contribution in [0, 0.1) is 0 Å². The van der Waals surface area contributed by atoms with Crippen molar-refractivity contribution in [2.75, 3.05) is 11.9 Å². The van der Waals surface area contributed by atoms with Gasteiger partial charge in [0.05, 0.1) is 6.61 Å². The second-order valence-corrected chi connectivity index (χ2v) is 4.59. The average molecular weight is 267 g/mol. The van der Waals surface area contributed by atoms with Crippen LogP contribution in [0.2, 0.25) is 0 Å². The number of ether oxygens (including phenoxy) is 1. The number of H-pyrrole nitrogens is 1. The zero-order valence-corrected chi connectivity index (χ0v) is 11.4. The van der Waals surface area contributed by atoms with E-state index in [0.717, 1.165) is 29.2 Å². The number of pyridine rings is 1. The molecule has 0 aliphatic heterocycles. The molecule has 20 heavy (non-hydrogen) atoms. The van der Waals surface area contributed by atoms with Crippen LogP contribution < -0.4 is 5.32 Å². The Bertz CT molecular complexity index is 688. The molecule has 3 rings (SSSR count). The first-order chi connectivity index (χ1) is 9.85. The van der Waals surface area contributed by atoms with Crippen molar-refractivity contribution in [1.29, 1.82) is 0 Å². The van der Waals surface area contributed by atoms with E-state index in [1.807, 2.05) is 37.5 Å². The molecular formula is C16H17N3O. The van der Waals surface area contributed by atoms with Gasteiger partial charge in [-0.05, 0) is 42.8 Å². The van der Waals surface area contributed by atoms with E-state index in [1.54, 1.807) is 0 Å². The molecule has 1 aromatic carbocycles. The van der Waals surface area contributed by atoms with Crippen molar-refractivity contribution in [3.8, 4) is 0 Å². The average Bonchev–Trinajstić information content (AvgIpc) is 2.94. The van der Waals surface area contributed by atoms with Crippen LogP contribution in [0.25, 0.3) is 10.9 Å². The molecule has 2 aromatic heterocycles. The normalized spacial score (nSPS) is 10.8. The molecule has 0 fully saturated rings. The van der Waals surface area contributed by atoms with E-state index in [4.69, 9.17) is 4.74 Å². The van der Waals surface area contributed by atoms with E-state index in [9.17, 15) is 0 Å². The van der Waals surface area contributed by atoms with Crippen LogP contribution in [0.1, 0.15) is 12.5 Å². The number of aromatic nitrogens is 2. The van der Waals surface area contributed by atoms with Crippen LogP contribution in [0.3, 0.4) is 0 Å². The van der Waals surface area contributed by atoms with Crippen LogP contribution in [-0.2, 0) is 11.3 Å². The summed E-state index contributed by atoms with van der Waals surface area (Å²) < 4.78 is 5.35. The Hall–Kier alpha value is -2.33. The number of nitrogens with zero attached hydrogens (tertiary/aromatic N) is 1. The van der Waals surface area contributed by atoms with Gasteiger partial charge in [-0.15, -0.1) is 0 Å². The second-order valence-electron chi connectivity index (χ2n) is 4.59. The van der Waals surface area contributed by atoms with E-state index < -0.39 is 0 Å². The predicted molar refractivity (Wildman–Crippen MR) is 81.1 cm³/mol. The third-order valence-corrected chi connectivity index (χ3v) is 3.12. The van der Waals surface area contributed by atoms with Crippen molar-refractivity contribution in [3.05, 3.63) is 54.4 Å². The third kappa shape index (κ3) is 2.81. The molecule has 0 unspecified atom stereocenters. The minimum atomic E-state index is 0.610. The van der Waals surface area contributed by atoms with Crippen LogP contribution in [0.4, 0.5) is 11.5 Å². The first-order valence-corrected chi connectivity index (χ1v) is 6.72. The lowest BCUT2D eigenvalue weighted by atomic mass is 10.2. The van der Waals surface area contributed by atoms with Gasteiger partial charge in [0.1, 0.15) is 5.82 Å². The van der Waals surface area contributed by atoms with Gasteiger partial charge in [0.25, 0.3) is 0 Å². The largest absolute Gasteiger partial charge is 0.377 e. The fourth-order valence-electron chi connectivity index (χ4n) is 2.08. The number of hydrogen-bond donors (Lipinski definition) is 2. The van der Waals surface area contributed by atoms with Gasteiger partial charge in [-0.25, -0.2) is 4.98 Å². The van der Waals surface area contributed by atoms with E-state index in [-0.39, 0.29) is 0 Å². The standard InChI is InChI=1S/C16H17N3O/c1-2-20-11-12-3-6-16(18-10-12)19-14-4-5-15-13(9-14)7-8-17-15/h3-10,17H,2,11H2,1H3,(H,18,19). The molecule has 2 heterocycles. The highest BCUT2D eigenvalue weighted by Crippen LogP contribution is 2.20. The third-order valence-electron chi connectivity index (χ3n) is 3.12. The molecule has 4 heteroatoms. The molecule has 4 nitrogen and oxygen atoms in total. The Morgan fingerprint density at radius 1 is 1.20 bits per heavy atom. The number of nitrogens with one attached hydrogen (secondary N) is 2. The summed E-state index contributed by atoms with van der Waals surface area (Å²) in [6.45, 7) is 3.32. The number of benzene rings is 1. The molecule has 3 aromatic rings. The zero-order chi connectivity index (χ0) is 13.8. The van der Waals surface area contributed by atoms with Gasteiger partial charge in [0.15, 0.2) is 0 Å². The summed E-state index contributed by atoms with van der Waals surface area (Å²) in [6, 6.07) is 12.2. The summed E-state index contributed by atoms with van der Waals surface area (Å²) in [7, 11) is 0. The summed E-state index contributed by atoms with van der Waals surface area (Å²) in [5.41, 5.74) is 3.25. The SMILES string of the molecule is CCOCc1ccc(Nc2ccc3[nH]ccc3c2)nc1. The van der Waals surface area contributed by atoms with E-state index in [0.29, 0.717) is 6.61 Å². The molecule has 0 aliphatic carbocycles. The van der Waals surface area contributed by atoms with Gasteiger partial charge in [-0.1, -0.05) is 6.07 Å². The lowest BCUT2D eigenvalue weighted by molar-refractivity contribution is 0.134. The number of rotatable bonds is 5. The van der Waals surface area contributed by atoms with Crippen LogP contribution in [0.5, 0.6) is 0 Å². The maximum Gasteiger partial charge on any atom is 0.130 e. The molecule has 0 saturated carbocycles. The van der Waals surface area contributed by atoms with E-state index in [2.05, 4.69) is 33.5 Å². The molecule has 0 spiro atoms. The highest BCUT2D eigenvalue weighted by molar-refractivity contribution is 5.83. The maximum absolute atomic E-state index is 5.35. The molecule has 0 radical (unpaired) electrons. The van der Waals surface area contributed by atoms with Gasteiger partial charge in [0.2, 0.25) is 0 Å². The number of hydrogen-bond acceptors (Lipinski definition) is 3. The Morgan fingerprint density at radius 2 is 2.15 bits per heavy atom. The van der Waals surface area contributed by atoms with Gasteiger partial charge in [-0.2, -0.15) is 0 Å². The van der Waals surface area contributed by atoms with Crippen molar-refractivity contribution in [2.45, 2.75) is 13.5 Å². The number of aromatic amines is 1. The van der Waals surface area contributed by atoms with Gasteiger partial charge >= 0.3 is 0 Å². The molecule has 0 atom stereocenters. The molecule has 0 bridgehead atoms. The smallest absolute Gasteiger partial charge is 0.130 e. The number of anilines is 2. The minimum Gasteiger partial charge on any atom is -0.377 e. The fraction of sp³-hybridized carbons (Fsp3) is 0.188. The number of fused-ring (bicyclic) bond motifs is 1. The van der Waals surface area contributed by atoms with Crippen LogP contribution >= 0.6 is 0 Å². The van der Waals surface area contributed by atoms with Crippen LogP contribution in [-0.4, -0.2) is 16.6 Å². The van der Waals surface area contributed by atoms with Crippen molar-refractivity contribution >= 4 is 22.4 Å². The first-order valence-electron chi connectivity index (χ1n) is 6.72. The topological polar surface area (TPSA) is 49.9 Å². The second kappa shape index (κ2) is 5.75. The first kappa shape index (κ1) is 12.7. The molecule has 102 valence electrons. The lowest BCUT2D eigenvalue weighted by Crippen LogP contribution is -1.96. The van der Waals surface area contributed by atoms with Crippen LogP contribution in [0.15, 0.2) is 48.8 Å². The Balaban J connectivity index is 1.73. The zero-order valence-electron chi connectivity index (χ0n) is 11.4. The Morgan fingerprint density at radius 3 is 2.95 bits per heavy atom. The van der Waals surface area contributed by atoms with Crippen molar-refractivity contribution in [2.24, 2.45) is 0 Å². The van der Waals surface area contributed by atoms with E-state index >= 15 is 0 Å².